The molecule has 1 aromatic rings. The Labute approximate surface area is 114 Å². The fourth-order valence-corrected chi connectivity index (χ4v) is 1.73. The summed E-state index contributed by atoms with van der Waals surface area (Å²) >= 11 is 3.18. The van der Waals surface area contributed by atoms with Crippen molar-refractivity contribution >= 4 is 27.6 Å². The highest BCUT2D eigenvalue weighted by atomic mass is 79.9. The van der Waals surface area contributed by atoms with Gasteiger partial charge in [0.25, 0.3) is 0 Å². The molecule has 0 fully saturated rings. The van der Waals surface area contributed by atoms with E-state index < -0.39 is 0 Å². The first-order chi connectivity index (χ1) is 8.63. The van der Waals surface area contributed by atoms with Crippen molar-refractivity contribution in [2.45, 2.75) is 13.3 Å². The van der Waals surface area contributed by atoms with Gasteiger partial charge in [0.15, 0.2) is 0 Å². The maximum atomic E-state index is 12.8. The van der Waals surface area contributed by atoms with Crippen LogP contribution in [-0.2, 0) is 4.74 Å². The van der Waals surface area contributed by atoms with Gasteiger partial charge >= 0.3 is 6.03 Å². The third kappa shape index (κ3) is 5.46. The summed E-state index contributed by atoms with van der Waals surface area (Å²) in [5.74, 6) is -0.357. The van der Waals surface area contributed by atoms with Crippen molar-refractivity contribution in [3.63, 3.8) is 0 Å². The molecule has 0 unspecified atom stereocenters. The third-order valence-electron chi connectivity index (χ3n) is 2.13. The Morgan fingerprint density at radius 2 is 2.28 bits per heavy atom. The highest BCUT2D eigenvalue weighted by molar-refractivity contribution is 9.10. The van der Waals surface area contributed by atoms with Gasteiger partial charge in [-0.15, -0.1) is 0 Å². The van der Waals surface area contributed by atoms with Crippen LogP contribution in [0, 0.1) is 5.82 Å². The van der Waals surface area contributed by atoms with E-state index >= 15 is 0 Å². The molecule has 0 aliphatic carbocycles. The first-order valence-electron chi connectivity index (χ1n) is 5.71. The zero-order valence-corrected chi connectivity index (χ0v) is 11.7. The van der Waals surface area contributed by atoms with E-state index in [0.29, 0.717) is 29.9 Å². The van der Waals surface area contributed by atoms with Crippen LogP contribution in [0.5, 0.6) is 0 Å². The summed E-state index contributed by atoms with van der Waals surface area (Å²) in [5, 5.41) is 5.31. The Morgan fingerprint density at radius 1 is 1.50 bits per heavy atom. The maximum Gasteiger partial charge on any atom is 0.319 e. The summed E-state index contributed by atoms with van der Waals surface area (Å²) in [5.41, 5.74) is 0.527. The minimum absolute atomic E-state index is 0.321. The molecular weight excluding hydrogens is 303 g/mol. The molecule has 0 spiro atoms. The highest BCUT2D eigenvalue weighted by Crippen LogP contribution is 2.22. The number of hydrogen-bond acceptors (Lipinski definition) is 2. The van der Waals surface area contributed by atoms with Crippen LogP contribution in [0.3, 0.4) is 0 Å². The number of rotatable bonds is 6. The topological polar surface area (TPSA) is 50.4 Å². The summed E-state index contributed by atoms with van der Waals surface area (Å²) in [7, 11) is 0. The molecule has 100 valence electrons. The molecule has 0 bridgehead atoms. The van der Waals surface area contributed by atoms with Gasteiger partial charge in [-0.3, -0.25) is 0 Å². The predicted octanol–water partition coefficient (Wildman–Crippen LogP) is 3.14. The summed E-state index contributed by atoms with van der Waals surface area (Å²) in [4.78, 5) is 11.5. The van der Waals surface area contributed by atoms with E-state index in [1.54, 1.807) is 0 Å². The lowest BCUT2D eigenvalue weighted by molar-refractivity contribution is 0.145. The predicted molar refractivity (Wildman–Crippen MR) is 72.2 cm³/mol. The molecule has 1 rings (SSSR count). The molecular formula is C12H16BrFN2O2. The van der Waals surface area contributed by atoms with E-state index in [0.717, 1.165) is 6.42 Å². The minimum atomic E-state index is -0.357. The number of nitrogens with one attached hydrogen (secondary N) is 2. The maximum absolute atomic E-state index is 12.8. The average Bonchev–Trinajstić information content (AvgIpc) is 2.32. The number of carbonyl (C=O) groups excluding carboxylic acids is 1. The Bertz CT molecular complexity index is 402. The molecule has 0 aliphatic rings. The van der Waals surface area contributed by atoms with E-state index in [1.165, 1.54) is 18.2 Å². The number of amides is 2. The molecule has 0 saturated carbocycles. The van der Waals surface area contributed by atoms with Gasteiger partial charge in [0.1, 0.15) is 5.82 Å². The van der Waals surface area contributed by atoms with Crippen LogP contribution in [0.1, 0.15) is 13.3 Å². The third-order valence-corrected chi connectivity index (χ3v) is 2.79. The molecule has 2 N–H and O–H groups in total. The van der Waals surface area contributed by atoms with Crippen LogP contribution in [0.15, 0.2) is 22.7 Å². The van der Waals surface area contributed by atoms with Gasteiger partial charge in [0.05, 0.1) is 5.69 Å². The van der Waals surface area contributed by atoms with Crippen molar-refractivity contribution in [2.24, 2.45) is 0 Å². The molecule has 18 heavy (non-hydrogen) atoms. The Balaban J connectivity index is 2.31. The van der Waals surface area contributed by atoms with Crippen molar-refractivity contribution in [1.29, 1.82) is 0 Å². The Hall–Kier alpha value is -1.14. The van der Waals surface area contributed by atoms with Gasteiger partial charge < -0.3 is 15.4 Å². The van der Waals surface area contributed by atoms with Crippen molar-refractivity contribution in [2.75, 3.05) is 25.1 Å². The lowest BCUT2D eigenvalue weighted by atomic mass is 10.3. The van der Waals surface area contributed by atoms with Gasteiger partial charge in [0, 0.05) is 24.2 Å². The normalized spacial score (nSPS) is 10.2. The van der Waals surface area contributed by atoms with E-state index in [-0.39, 0.29) is 11.8 Å². The summed E-state index contributed by atoms with van der Waals surface area (Å²) in [6.07, 6.45) is 0.756. The Kier molecular flexibility index (Phi) is 6.67. The van der Waals surface area contributed by atoms with E-state index in [9.17, 15) is 9.18 Å². The molecule has 0 aromatic heterocycles. The van der Waals surface area contributed by atoms with Crippen LogP contribution >= 0.6 is 15.9 Å². The first-order valence-corrected chi connectivity index (χ1v) is 6.50. The molecule has 6 heteroatoms. The number of benzene rings is 1. The summed E-state index contributed by atoms with van der Waals surface area (Å²) in [6.45, 7) is 3.75. The SMILES string of the molecule is CCOCCCNC(=O)Nc1ccc(F)cc1Br. The smallest absolute Gasteiger partial charge is 0.319 e. The number of ether oxygens (including phenoxy) is 1. The van der Waals surface area contributed by atoms with Crippen molar-refractivity contribution in [1.82, 2.24) is 5.32 Å². The molecule has 0 saturated heterocycles. The second-order valence-electron chi connectivity index (χ2n) is 3.56. The van der Waals surface area contributed by atoms with Crippen molar-refractivity contribution in [3.05, 3.63) is 28.5 Å². The number of halogens is 2. The quantitative estimate of drug-likeness (QED) is 0.792. The molecule has 1 aromatic carbocycles. The lowest BCUT2D eigenvalue weighted by Crippen LogP contribution is -2.30. The number of carbonyl (C=O) groups is 1. The second kappa shape index (κ2) is 8.05. The molecule has 0 heterocycles. The number of urea groups is 1. The molecule has 0 radical (unpaired) electrons. The summed E-state index contributed by atoms with van der Waals surface area (Å²) in [6, 6.07) is 3.76. The van der Waals surface area contributed by atoms with E-state index in [2.05, 4.69) is 26.6 Å². The standard InChI is InChI=1S/C12H16BrFN2O2/c1-2-18-7-3-6-15-12(17)16-11-5-4-9(14)8-10(11)13/h4-5,8H,2-3,6-7H2,1H3,(H2,15,16,17). The second-order valence-corrected chi connectivity index (χ2v) is 4.41. The van der Waals surface area contributed by atoms with Gasteiger partial charge in [-0.1, -0.05) is 0 Å². The Morgan fingerprint density at radius 3 is 2.94 bits per heavy atom. The monoisotopic (exact) mass is 318 g/mol. The minimum Gasteiger partial charge on any atom is -0.382 e. The van der Waals surface area contributed by atoms with Gasteiger partial charge in [-0.2, -0.15) is 0 Å². The van der Waals surface area contributed by atoms with Gasteiger partial charge in [0.2, 0.25) is 0 Å². The van der Waals surface area contributed by atoms with Crippen LogP contribution < -0.4 is 10.6 Å². The first kappa shape index (κ1) is 14.9. The van der Waals surface area contributed by atoms with Gasteiger partial charge in [-0.05, 0) is 47.5 Å². The van der Waals surface area contributed by atoms with Crippen molar-refractivity contribution < 1.29 is 13.9 Å². The fourth-order valence-electron chi connectivity index (χ4n) is 1.28. The highest BCUT2D eigenvalue weighted by Gasteiger charge is 2.05. The molecule has 0 atom stereocenters. The largest absolute Gasteiger partial charge is 0.382 e. The van der Waals surface area contributed by atoms with Gasteiger partial charge in [-0.25, -0.2) is 9.18 Å². The molecule has 0 aliphatic heterocycles. The molecule has 4 nitrogen and oxygen atoms in total. The summed E-state index contributed by atoms with van der Waals surface area (Å²) < 4.78 is 18.5. The molecule has 2 amide bonds. The van der Waals surface area contributed by atoms with E-state index in [1.807, 2.05) is 6.92 Å². The van der Waals surface area contributed by atoms with Crippen molar-refractivity contribution in [3.8, 4) is 0 Å². The number of anilines is 1. The zero-order chi connectivity index (χ0) is 13.4. The van der Waals surface area contributed by atoms with Crippen LogP contribution in [0.4, 0.5) is 14.9 Å². The zero-order valence-electron chi connectivity index (χ0n) is 10.1. The van der Waals surface area contributed by atoms with E-state index in [4.69, 9.17) is 4.74 Å². The average molecular weight is 319 g/mol. The van der Waals surface area contributed by atoms with Crippen LogP contribution in [-0.4, -0.2) is 25.8 Å². The fraction of sp³-hybridized carbons (Fsp3) is 0.417. The lowest BCUT2D eigenvalue weighted by Gasteiger charge is -2.09. The van der Waals surface area contributed by atoms with Crippen LogP contribution in [0.25, 0.3) is 0 Å². The number of hydrogen-bond donors (Lipinski definition) is 2. The van der Waals surface area contributed by atoms with Crippen LogP contribution in [0.2, 0.25) is 0 Å².